The van der Waals surface area contributed by atoms with Crippen LogP contribution < -0.4 is 15.4 Å². The Kier molecular flexibility index (Phi) is 9.56. The Morgan fingerprint density at radius 3 is 2.49 bits per heavy atom. The van der Waals surface area contributed by atoms with Crippen molar-refractivity contribution in [2.75, 3.05) is 17.7 Å². The average Bonchev–Trinajstić information content (AvgIpc) is 3.34. The Morgan fingerprint density at radius 2 is 1.80 bits per heavy atom. The fourth-order valence-corrected chi connectivity index (χ4v) is 4.72. The first-order valence-corrected chi connectivity index (χ1v) is 13.7. The number of rotatable bonds is 10. The Morgan fingerprint density at radius 1 is 1.05 bits per heavy atom. The van der Waals surface area contributed by atoms with Crippen molar-refractivity contribution in [1.29, 1.82) is 0 Å². The zero-order chi connectivity index (χ0) is 29.6. The van der Waals surface area contributed by atoms with Crippen molar-refractivity contribution in [3.8, 4) is 11.4 Å². The number of ether oxygens (including phenoxy) is 1. The Balaban J connectivity index is 1.53. The third kappa shape index (κ3) is 7.80. The number of nitrogens with one attached hydrogen (secondary N) is 2. The van der Waals surface area contributed by atoms with Gasteiger partial charge in [0.15, 0.2) is 11.0 Å². The largest absolute Gasteiger partial charge is 0.494 e. The van der Waals surface area contributed by atoms with Crippen LogP contribution >= 0.6 is 23.4 Å². The van der Waals surface area contributed by atoms with Gasteiger partial charge >= 0.3 is 6.18 Å². The summed E-state index contributed by atoms with van der Waals surface area (Å²) in [6.45, 7) is 4.29. The third-order valence-electron chi connectivity index (χ3n) is 5.69. The molecule has 1 heterocycles. The van der Waals surface area contributed by atoms with Crippen LogP contribution in [-0.2, 0) is 17.5 Å². The summed E-state index contributed by atoms with van der Waals surface area (Å²) in [5, 5.41) is 14.0. The van der Waals surface area contributed by atoms with E-state index in [-0.39, 0.29) is 28.9 Å². The minimum atomic E-state index is -4.59. The smallest absolute Gasteiger partial charge is 0.416 e. The molecule has 41 heavy (non-hydrogen) atoms. The van der Waals surface area contributed by atoms with E-state index in [9.17, 15) is 22.8 Å². The van der Waals surface area contributed by atoms with Crippen LogP contribution in [0.4, 0.5) is 18.9 Å². The summed E-state index contributed by atoms with van der Waals surface area (Å²) >= 11 is 7.03. The molecular formula is C28H25ClF3N5O3S. The van der Waals surface area contributed by atoms with E-state index >= 15 is 0 Å². The molecule has 0 unspecified atom stereocenters. The lowest BCUT2D eigenvalue weighted by atomic mass is 10.1. The maximum absolute atomic E-state index is 13.1. The van der Waals surface area contributed by atoms with Gasteiger partial charge in [0, 0.05) is 11.3 Å². The summed E-state index contributed by atoms with van der Waals surface area (Å²) in [6.07, 6.45) is -4.59. The number of thioether (sulfide) groups is 1. The van der Waals surface area contributed by atoms with Crippen LogP contribution in [0.3, 0.4) is 0 Å². The molecular weight excluding hydrogens is 579 g/mol. The Hall–Kier alpha value is -4.03. The van der Waals surface area contributed by atoms with Gasteiger partial charge in [0.1, 0.15) is 5.75 Å². The highest BCUT2D eigenvalue weighted by Gasteiger charge is 2.31. The van der Waals surface area contributed by atoms with Crippen LogP contribution in [-0.4, -0.2) is 38.9 Å². The number of hydrogen-bond acceptors (Lipinski definition) is 6. The molecule has 214 valence electrons. The van der Waals surface area contributed by atoms with E-state index in [1.54, 1.807) is 47.0 Å². The second-order valence-corrected chi connectivity index (χ2v) is 10.1. The van der Waals surface area contributed by atoms with Gasteiger partial charge in [-0.15, -0.1) is 10.2 Å². The van der Waals surface area contributed by atoms with Gasteiger partial charge in [0.2, 0.25) is 5.91 Å². The van der Waals surface area contributed by atoms with Gasteiger partial charge in [-0.05, 0) is 68.4 Å². The van der Waals surface area contributed by atoms with Gasteiger partial charge in [-0.2, -0.15) is 13.2 Å². The molecule has 4 aromatic rings. The van der Waals surface area contributed by atoms with Crippen molar-refractivity contribution in [1.82, 2.24) is 20.1 Å². The molecule has 0 fully saturated rings. The zero-order valence-corrected chi connectivity index (χ0v) is 23.5. The number of alkyl halides is 3. The summed E-state index contributed by atoms with van der Waals surface area (Å²) in [5.74, 6) is -0.0189. The molecule has 0 saturated carbocycles. The lowest BCUT2D eigenvalue weighted by Gasteiger charge is -2.13. The van der Waals surface area contributed by atoms with Gasteiger partial charge in [-0.25, -0.2) is 0 Å². The molecule has 2 amide bonds. The zero-order valence-electron chi connectivity index (χ0n) is 22.0. The van der Waals surface area contributed by atoms with Crippen LogP contribution in [0.1, 0.15) is 34.2 Å². The van der Waals surface area contributed by atoms with Crippen LogP contribution in [0.25, 0.3) is 5.69 Å². The van der Waals surface area contributed by atoms with Crippen molar-refractivity contribution in [3.05, 3.63) is 94.3 Å². The predicted octanol–water partition coefficient (Wildman–Crippen LogP) is 6.31. The van der Waals surface area contributed by atoms with E-state index in [4.69, 9.17) is 16.3 Å². The topological polar surface area (TPSA) is 98.1 Å². The molecule has 0 aliphatic rings. The SMILES string of the molecule is CCOc1ccc(-n2c(CNC(=O)c3cccc(C)c3)nnc2SCC(=O)Nc2cc(C(F)(F)F)ccc2Cl)cc1. The number of halogens is 4. The number of nitrogens with zero attached hydrogens (tertiary/aromatic N) is 3. The molecule has 8 nitrogen and oxygen atoms in total. The van der Waals surface area contributed by atoms with E-state index in [0.717, 1.165) is 35.5 Å². The fourth-order valence-electron chi connectivity index (χ4n) is 3.79. The summed E-state index contributed by atoms with van der Waals surface area (Å²) in [6, 6.07) is 17.0. The summed E-state index contributed by atoms with van der Waals surface area (Å²) in [7, 11) is 0. The molecule has 1 aromatic heterocycles. The molecule has 2 N–H and O–H groups in total. The van der Waals surface area contributed by atoms with Gasteiger partial charge in [-0.1, -0.05) is 41.1 Å². The lowest BCUT2D eigenvalue weighted by molar-refractivity contribution is -0.137. The number of benzene rings is 3. The Labute approximate surface area is 243 Å². The van der Waals surface area contributed by atoms with Gasteiger partial charge in [-0.3, -0.25) is 14.2 Å². The second-order valence-electron chi connectivity index (χ2n) is 8.74. The first-order valence-electron chi connectivity index (χ1n) is 12.4. The number of aryl methyl sites for hydroxylation is 1. The minimum Gasteiger partial charge on any atom is -0.494 e. The molecule has 0 atom stereocenters. The normalized spacial score (nSPS) is 11.3. The number of amides is 2. The highest BCUT2D eigenvalue weighted by Crippen LogP contribution is 2.34. The first kappa shape index (κ1) is 29.9. The van der Waals surface area contributed by atoms with Gasteiger partial charge < -0.3 is 15.4 Å². The second kappa shape index (κ2) is 13.1. The number of anilines is 1. The van der Waals surface area contributed by atoms with Crippen molar-refractivity contribution in [2.24, 2.45) is 0 Å². The predicted molar refractivity (Wildman–Crippen MR) is 151 cm³/mol. The average molecular weight is 604 g/mol. The third-order valence-corrected chi connectivity index (χ3v) is 6.95. The molecule has 0 bridgehead atoms. The van der Waals surface area contributed by atoms with Gasteiger partial charge in [0.25, 0.3) is 5.91 Å². The number of carbonyl (C=O) groups excluding carboxylic acids is 2. The van der Waals surface area contributed by atoms with Crippen molar-refractivity contribution in [3.63, 3.8) is 0 Å². The molecule has 3 aromatic carbocycles. The van der Waals surface area contributed by atoms with Crippen LogP contribution in [0, 0.1) is 6.92 Å². The maximum Gasteiger partial charge on any atom is 0.416 e. The maximum atomic E-state index is 13.1. The van der Waals surface area contributed by atoms with E-state index in [1.165, 1.54) is 0 Å². The molecule has 0 saturated heterocycles. The van der Waals surface area contributed by atoms with Crippen molar-refractivity contribution in [2.45, 2.75) is 31.7 Å². The van der Waals surface area contributed by atoms with Crippen molar-refractivity contribution >= 4 is 40.9 Å². The van der Waals surface area contributed by atoms with Crippen LogP contribution in [0.15, 0.2) is 71.9 Å². The fraction of sp³-hybridized carbons (Fsp3) is 0.214. The van der Waals surface area contributed by atoms with Crippen LogP contribution in [0.2, 0.25) is 5.02 Å². The summed E-state index contributed by atoms with van der Waals surface area (Å²) < 4.78 is 46.5. The molecule has 4 rings (SSSR count). The van der Waals surface area contributed by atoms with E-state index in [1.807, 2.05) is 19.9 Å². The standard InChI is InChI=1S/C28H25ClF3N5O3S/c1-3-40-21-10-8-20(9-11-21)37-24(15-33-26(39)18-6-4-5-17(2)13-18)35-36-27(37)41-16-25(38)34-23-14-19(28(30,31)32)7-12-22(23)29/h4-14H,3,15-16H2,1-2H3,(H,33,39)(H,34,38). The van der Waals surface area contributed by atoms with E-state index in [0.29, 0.717) is 34.6 Å². The highest BCUT2D eigenvalue weighted by atomic mass is 35.5. The van der Waals surface area contributed by atoms with E-state index in [2.05, 4.69) is 20.8 Å². The molecule has 0 aliphatic heterocycles. The number of hydrogen-bond donors (Lipinski definition) is 2. The quantitative estimate of drug-likeness (QED) is 0.206. The molecule has 0 aliphatic carbocycles. The van der Waals surface area contributed by atoms with Crippen LogP contribution in [0.5, 0.6) is 5.75 Å². The van der Waals surface area contributed by atoms with E-state index < -0.39 is 17.6 Å². The monoisotopic (exact) mass is 603 g/mol. The molecule has 0 radical (unpaired) electrons. The summed E-state index contributed by atoms with van der Waals surface area (Å²) in [5.41, 5.74) is 1.01. The lowest BCUT2D eigenvalue weighted by Crippen LogP contribution is -2.24. The molecule has 13 heteroatoms. The highest BCUT2D eigenvalue weighted by molar-refractivity contribution is 7.99. The number of carbonyl (C=O) groups is 2. The first-order chi connectivity index (χ1) is 19.5. The van der Waals surface area contributed by atoms with Crippen molar-refractivity contribution < 1.29 is 27.5 Å². The Bertz CT molecular complexity index is 1540. The minimum absolute atomic E-state index is 0.0273. The van der Waals surface area contributed by atoms with Gasteiger partial charge in [0.05, 0.1) is 35.2 Å². The number of aromatic nitrogens is 3. The molecule has 0 spiro atoms. The summed E-state index contributed by atoms with van der Waals surface area (Å²) in [4.78, 5) is 25.4.